The van der Waals surface area contributed by atoms with E-state index in [2.05, 4.69) is 5.10 Å². The molecule has 24 heavy (non-hydrogen) atoms. The molecule has 0 unspecified atom stereocenters. The molecule has 6 nitrogen and oxygen atoms in total. The molecule has 0 radical (unpaired) electrons. The molecule has 1 fully saturated rings. The van der Waals surface area contributed by atoms with Crippen molar-refractivity contribution in [3.8, 4) is 16.9 Å². The fourth-order valence-corrected chi connectivity index (χ4v) is 2.52. The van der Waals surface area contributed by atoms with Crippen LogP contribution in [0.15, 0.2) is 30.6 Å². The van der Waals surface area contributed by atoms with Crippen molar-refractivity contribution >= 4 is 6.09 Å². The van der Waals surface area contributed by atoms with Crippen LogP contribution in [-0.2, 0) is 4.74 Å². The van der Waals surface area contributed by atoms with E-state index in [1.807, 2.05) is 20.8 Å². The van der Waals surface area contributed by atoms with E-state index in [-0.39, 0.29) is 17.9 Å². The average Bonchev–Trinajstić information content (AvgIpc) is 2.83. The van der Waals surface area contributed by atoms with Crippen LogP contribution in [0.25, 0.3) is 11.1 Å². The van der Waals surface area contributed by atoms with Gasteiger partial charge in [0, 0.05) is 36.5 Å². The fraction of sp³-hybridized carbons (Fsp3) is 0.412. The van der Waals surface area contributed by atoms with Gasteiger partial charge in [-0.25, -0.2) is 9.18 Å². The Hall–Kier alpha value is -2.57. The molecule has 1 saturated heterocycles. The Morgan fingerprint density at radius 3 is 2.71 bits per heavy atom. The molecule has 0 atom stereocenters. The minimum absolute atomic E-state index is 0.0638. The molecule has 2 heterocycles. The van der Waals surface area contributed by atoms with E-state index in [0.717, 1.165) is 6.07 Å². The van der Waals surface area contributed by atoms with Gasteiger partial charge in [0.15, 0.2) is 0 Å². The first-order valence-electron chi connectivity index (χ1n) is 7.74. The van der Waals surface area contributed by atoms with Crippen LogP contribution in [0.5, 0.6) is 5.75 Å². The van der Waals surface area contributed by atoms with Gasteiger partial charge < -0.3 is 14.7 Å². The Balaban J connectivity index is 1.65. The summed E-state index contributed by atoms with van der Waals surface area (Å²) in [6, 6.07) is 3.94. The topological polar surface area (TPSA) is 67.6 Å². The third kappa shape index (κ3) is 3.34. The maximum absolute atomic E-state index is 13.1. The molecule has 0 saturated carbocycles. The van der Waals surface area contributed by atoms with Crippen LogP contribution in [0, 0.1) is 5.82 Å². The number of phenols is 1. The van der Waals surface area contributed by atoms with Crippen LogP contribution in [0.3, 0.4) is 0 Å². The lowest BCUT2D eigenvalue weighted by Crippen LogP contribution is -2.52. The number of rotatable bonds is 2. The largest absolute Gasteiger partial charge is 0.507 e. The SMILES string of the molecule is CC(C)(C)OC(=O)N1CC(n2cc(-c3ccc(F)cc3O)cn2)C1. The third-order valence-electron chi connectivity index (χ3n) is 3.76. The number of hydrogen-bond donors (Lipinski definition) is 1. The molecule has 1 aromatic heterocycles. The number of carbonyl (C=O) groups is 1. The fourth-order valence-electron chi connectivity index (χ4n) is 2.52. The summed E-state index contributed by atoms with van der Waals surface area (Å²) in [6.07, 6.45) is 3.06. The van der Waals surface area contributed by atoms with E-state index in [1.54, 1.807) is 22.0 Å². The minimum atomic E-state index is -0.513. The Kier molecular flexibility index (Phi) is 3.95. The van der Waals surface area contributed by atoms with Gasteiger partial charge in [-0.1, -0.05) is 0 Å². The van der Waals surface area contributed by atoms with E-state index in [0.29, 0.717) is 24.2 Å². The molecule has 1 aromatic carbocycles. The van der Waals surface area contributed by atoms with Crippen molar-refractivity contribution in [1.82, 2.24) is 14.7 Å². The van der Waals surface area contributed by atoms with Gasteiger partial charge in [0.2, 0.25) is 0 Å². The Morgan fingerprint density at radius 2 is 2.08 bits per heavy atom. The standard InChI is InChI=1S/C17H20FN3O3/c1-17(2,3)24-16(23)20-9-13(10-20)21-8-11(7-19-21)14-5-4-12(18)6-15(14)22/h4-8,13,22H,9-10H2,1-3H3. The van der Waals surface area contributed by atoms with Crippen molar-refractivity contribution in [3.63, 3.8) is 0 Å². The highest BCUT2D eigenvalue weighted by Crippen LogP contribution is 2.31. The number of benzene rings is 1. The second-order valence-corrected chi connectivity index (χ2v) is 6.91. The van der Waals surface area contributed by atoms with Crippen molar-refractivity contribution in [2.45, 2.75) is 32.4 Å². The second kappa shape index (κ2) is 5.81. The van der Waals surface area contributed by atoms with E-state index in [1.165, 1.54) is 12.1 Å². The van der Waals surface area contributed by atoms with Gasteiger partial charge in [0.25, 0.3) is 0 Å². The number of phenolic OH excluding ortho intramolecular Hbond substituents is 1. The van der Waals surface area contributed by atoms with Crippen molar-refractivity contribution < 1.29 is 19.0 Å². The van der Waals surface area contributed by atoms with E-state index in [9.17, 15) is 14.3 Å². The van der Waals surface area contributed by atoms with Crippen LogP contribution in [-0.4, -0.2) is 44.6 Å². The highest BCUT2D eigenvalue weighted by molar-refractivity contribution is 5.70. The number of nitrogens with zero attached hydrogens (tertiary/aromatic N) is 3. The number of hydrogen-bond acceptors (Lipinski definition) is 4. The van der Waals surface area contributed by atoms with Crippen LogP contribution in [0.2, 0.25) is 0 Å². The van der Waals surface area contributed by atoms with E-state index >= 15 is 0 Å². The van der Waals surface area contributed by atoms with Crippen molar-refractivity contribution in [2.75, 3.05) is 13.1 Å². The number of ether oxygens (including phenoxy) is 1. The number of likely N-dealkylation sites (tertiary alicyclic amines) is 1. The molecule has 2 aromatic rings. The molecule has 1 N–H and O–H groups in total. The highest BCUT2D eigenvalue weighted by atomic mass is 19.1. The minimum Gasteiger partial charge on any atom is -0.507 e. The maximum Gasteiger partial charge on any atom is 0.410 e. The zero-order valence-electron chi connectivity index (χ0n) is 13.9. The molecule has 0 spiro atoms. The second-order valence-electron chi connectivity index (χ2n) is 6.91. The van der Waals surface area contributed by atoms with Crippen LogP contribution in [0.4, 0.5) is 9.18 Å². The third-order valence-corrected chi connectivity index (χ3v) is 3.76. The first-order chi connectivity index (χ1) is 11.2. The Labute approximate surface area is 139 Å². The summed E-state index contributed by atoms with van der Waals surface area (Å²) in [7, 11) is 0. The number of halogens is 1. The monoisotopic (exact) mass is 333 g/mol. The van der Waals surface area contributed by atoms with Crippen LogP contribution >= 0.6 is 0 Å². The van der Waals surface area contributed by atoms with Gasteiger partial charge in [-0.3, -0.25) is 4.68 Å². The van der Waals surface area contributed by atoms with E-state index < -0.39 is 11.4 Å². The summed E-state index contributed by atoms with van der Waals surface area (Å²) in [5, 5.41) is 14.1. The number of aromatic nitrogens is 2. The smallest absolute Gasteiger partial charge is 0.410 e. The molecule has 1 amide bonds. The number of aromatic hydroxyl groups is 1. The summed E-state index contributed by atoms with van der Waals surface area (Å²) in [4.78, 5) is 13.5. The molecule has 0 aliphatic carbocycles. The van der Waals surface area contributed by atoms with Crippen molar-refractivity contribution in [1.29, 1.82) is 0 Å². The summed E-state index contributed by atoms with van der Waals surface area (Å²) in [5.74, 6) is -0.617. The van der Waals surface area contributed by atoms with E-state index in [4.69, 9.17) is 4.74 Å². The predicted molar refractivity (Wildman–Crippen MR) is 86.1 cm³/mol. The van der Waals surface area contributed by atoms with Gasteiger partial charge in [0.05, 0.1) is 12.2 Å². The molecule has 0 bridgehead atoms. The highest BCUT2D eigenvalue weighted by Gasteiger charge is 2.35. The summed E-state index contributed by atoms with van der Waals surface area (Å²) < 4.78 is 20.1. The quantitative estimate of drug-likeness (QED) is 0.916. The summed E-state index contributed by atoms with van der Waals surface area (Å²) >= 11 is 0. The molecule has 7 heteroatoms. The number of carbonyl (C=O) groups excluding carboxylic acids is 1. The van der Waals surface area contributed by atoms with Crippen LogP contribution in [0.1, 0.15) is 26.8 Å². The zero-order chi connectivity index (χ0) is 17.5. The van der Waals surface area contributed by atoms with Crippen LogP contribution < -0.4 is 0 Å². The average molecular weight is 333 g/mol. The molecule has 1 aliphatic heterocycles. The predicted octanol–water partition coefficient (Wildman–Crippen LogP) is 3.19. The lowest BCUT2D eigenvalue weighted by atomic mass is 10.1. The summed E-state index contributed by atoms with van der Waals surface area (Å²) in [6.45, 7) is 6.53. The molecule has 1 aliphatic rings. The molecule has 3 rings (SSSR count). The molecule has 128 valence electrons. The first kappa shape index (κ1) is 16.3. The van der Waals surface area contributed by atoms with Gasteiger partial charge in [-0.2, -0.15) is 5.10 Å². The maximum atomic E-state index is 13.1. The summed E-state index contributed by atoms with van der Waals surface area (Å²) in [5.41, 5.74) is 0.704. The molecular weight excluding hydrogens is 313 g/mol. The zero-order valence-corrected chi connectivity index (χ0v) is 13.9. The lowest BCUT2D eigenvalue weighted by molar-refractivity contribution is -0.000381. The van der Waals surface area contributed by atoms with Gasteiger partial charge >= 0.3 is 6.09 Å². The van der Waals surface area contributed by atoms with Gasteiger partial charge in [-0.15, -0.1) is 0 Å². The first-order valence-corrected chi connectivity index (χ1v) is 7.74. The van der Waals surface area contributed by atoms with Gasteiger partial charge in [0.1, 0.15) is 17.2 Å². The molecular formula is C17H20FN3O3. The number of amides is 1. The Bertz CT molecular complexity index is 761. The van der Waals surface area contributed by atoms with Gasteiger partial charge in [-0.05, 0) is 32.9 Å². The van der Waals surface area contributed by atoms with Crippen molar-refractivity contribution in [3.05, 3.63) is 36.4 Å². The Morgan fingerprint density at radius 1 is 1.38 bits per heavy atom. The normalized spacial score (nSPS) is 15.2. The lowest BCUT2D eigenvalue weighted by Gasteiger charge is -2.39. The van der Waals surface area contributed by atoms with Crippen molar-refractivity contribution in [2.24, 2.45) is 0 Å².